The normalized spacial score (nSPS) is 12.2. The third-order valence-corrected chi connectivity index (χ3v) is 2.29. The highest BCUT2D eigenvalue weighted by molar-refractivity contribution is 9.10. The highest BCUT2D eigenvalue weighted by Gasteiger charge is 2.08. The summed E-state index contributed by atoms with van der Waals surface area (Å²) in [5.41, 5.74) is 5.21. The Morgan fingerprint density at radius 3 is 2.79 bits per heavy atom. The number of rotatable bonds is 3. The van der Waals surface area contributed by atoms with Gasteiger partial charge in [-0.2, -0.15) is 0 Å². The van der Waals surface area contributed by atoms with Gasteiger partial charge in [-0.05, 0) is 35.0 Å². The van der Waals surface area contributed by atoms with Crippen molar-refractivity contribution in [2.45, 2.75) is 13.0 Å². The summed E-state index contributed by atoms with van der Waals surface area (Å²) < 4.78 is 18.6. The summed E-state index contributed by atoms with van der Waals surface area (Å²) in [6.45, 7) is 1.63. The molecule has 1 unspecified atom stereocenters. The maximum Gasteiger partial charge on any atom is 0.152 e. The van der Waals surface area contributed by atoms with Crippen LogP contribution >= 0.6 is 15.9 Å². The predicted molar refractivity (Wildman–Crippen MR) is 56.1 cm³/mol. The Hall–Kier alpha value is -1.10. The van der Waals surface area contributed by atoms with Crippen molar-refractivity contribution in [1.82, 2.24) is 0 Å². The Bertz CT molecular complexity index is 357. The van der Waals surface area contributed by atoms with E-state index in [1.54, 1.807) is 13.0 Å². The van der Waals surface area contributed by atoms with Crippen LogP contribution in [0, 0.1) is 11.2 Å². The van der Waals surface area contributed by atoms with Crippen molar-refractivity contribution in [2.24, 2.45) is 5.73 Å². The van der Waals surface area contributed by atoms with E-state index in [-0.39, 0.29) is 5.84 Å². The van der Waals surface area contributed by atoms with E-state index in [1.165, 1.54) is 12.1 Å². The second-order valence-corrected chi connectivity index (χ2v) is 3.65. The molecular formula is C9H10BrFN2O. The first-order chi connectivity index (χ1) is 6.50. The van der Waals surface area contributed by atoms with E-state index in [0.717, 1.165) is 0 Å². The molecule has 0 spiro atoms. The van der Waals surface area contributed by atoms with Gasteiger partial charge in [-0.25, -0.2) is 4.39 Å². The van der Waals surface area contributed by atoms with Gasteiger partial charge < -0.3 is 10.5 Å². The van der Waals surface area contributed by atoms with Gasteiger partial charge in [-0.15, -0.1) is 0 Å². The number of nitrogens with one attached hydrogen (secondary N) is 1. The molecule has 1 aromatic rings. The van der Waals surface area contributed by atoms with Crippen LogP contribution in [0.5, 0.6) is 5.75 Å². The van der Waals surface area contributed by atoms with Gasteiger partial charge in [-0.1, -0.05) is 0 Å². The van der Waals surface area contributed by atoms with Crippen molar-refractivity contribution < 1.29 is 9.13 Å². The lowest BCUT2D eigenvalue weighted by atomic mass is 10.3. The Kier molecular flexibility index (Phi) is 3.46. The first-order valence-electron chi connectivity index (χ1n) is 3.96. The van der Waals surface area contributed by atoms with Gasteiger partial charge in [-0.3, -0.25) is 5.41 Å². The molecule has 0 radical (unpaired) electrons. The van der Waals surface area contributed by atoms with Crippen LogP contribution in [0.15, 0.2) is 22.7 Å². The molecule has 76 valence electrons. The first-order valence-corrected chi connectivity index (χ1v) is 4.75. The molecule has 0 aromatic heterocycles. The van der Waals surface area contributed by atoms with Crippen molar-refractivity contribution in [1.29, 1.82) is 5.41 Å². The molecule has 0 aliphatic carbocycles. The van der Waals surface area contributed by atoms with Crippen LogP contribution in [0.25, 0.3) is 0 Å². The average Bonchev–Trinajstić information content (AvgIpc) is 2.11. The van der Waals surface area contributed by atoms with E-state index < -0.39 is 11.9 Å². The molecule has 1 rings (SSSR count). The first kappa shape index (κ1) is 11.0. The van der Waals surface area contributed by atoms with Gasteiger partial charge in [0.05, 0.1) is 4.47 Å². The number of nitrogens with two attached hydrogens (primary N) is 1. The lowest BCUT2D eigenvalue weighted by Gasteiger charge is -2.12. The van der Waals surface area contributed by atoms with Crippen molar-refractivity contribution in [3.63, 3.8) is 0 Å². The molecule has 14 heavy (non-hydrogen) atoms. The third-order valence-electron chi connectivity index (χ3n) is 1.64. The molecule has 0 heterocycles. The maximum absolute atomic E-state index is 13.0. The van der Waals surface area contributed by atoms with E-state index in [2.05, 4.69) is 15.9 Å². The van der Waals surface area contributed by atoms with Crippen LogP contribution in [0.4, 0.5) is 4.39 Å². The van der Waals surface area contributed by atoms with Crippen LogP contribution in [0.1, 0.15) is 6.92 Å². The zero-order valence-electron chi connectivity index (χ0n) is 7.55. The fourth-order valence-corrected chi connectivity index (χ4v) is 1.06. The zero-order chi connectivity index (χ0) is 10.7. The molecule has 3 nitrogen and oxygen atoms in total. The molecule has 0 fully saturated rings. The smallest absolute Gasteiger partial charge is 0.152 e. The minimum atomic E-state index is -0.546. The molecular weight excluding hydrogens is 251 g/mol. The lowest BCUT2D eigenvalue weighted by molar-refractivity contribution is 0.283. The molecule has 0 bridgehead atoms. The predicted octanol–water partition coefficient (Wildman–Crippen LogP) is 2.29. The van der Waals surface area contributed by atoms with Crippen molar-refractivity contribution in [2.75, 3.05) is 0 Å². The molecule has 0 saturated heterocycles. The SMILES string of the molecule is CC(Oc1ccc(Br)c(F)c1)C(=N)N. The Morgan fingerprint density at radius 2 is 2.29 bits per heavy atom. The number of hydrogen-bond donors (Lipinski definition) is 2. The van der Waals surface area contributed by atoms with Crippen LogP contribution in [-0.2, 0) is 0 Å². The Morgan fingerprint density at radius 1 is 1.64 bits per heavy atom. The summed E-state index contributed by atoms with van der Waals surface area (Å²) in [7, 11) is 0. The van der Waals surface area contributed by atoms with Gasteiger partial charge >= 0.3 is 0 Å². The van der Waals surface area contributed by atoms with E-state index in [1.807, 2.05) is 0 Å². The van der Waals surface area contributed by atoms with Crippen LogP contribution in [0.2, 0.25) is 0 Å². The molecule has 0 aliphatic heterocycles. The molecule has 3 N–H and O–H groups in total. The molecule has 5 heteroatoms. The Labute approximate surface area is 89.7 Å². The standard InChI is InChI=1S/C9H10BrFN2O/c1-5(9(12)13)14-6-2-3-7(10)8(11)4-6/h2-5H,1H3,(H3,12,13). The van der Waals surface area contributed by atoms with Crippen molar-refractivity contribution >= 4 is 21.8 Å². The highest BCUT2D eigenvalue weighted by Crippen LogP contribution is 2.21. The topological polar surface area (TPSA) is 59.1 Å². The van der Waals surface area contributed by atoms with Crippen molar-refractivity contribution in [3.05, 3.63) is 28.5 Å². The van der Waals surface area contributed by atoms with Gasteiger partial charge in [0.1, 0.15) is 17.4 Å². The highest BCUT2D eigenvalue weighted by atomic mass is 79.9. The van der Waals surface area contributed by atoms with E-state index in [4.69, 9.17) is 15.9 Å². The minimum absolute atomic E-state index is 0.0895. The number of halogens is 2. The summed E-state index contributed by atoms with van der Waals surface area (Å²) in [6.07, 6.45) is -0.546. The molecule has 1 aromatic carbocycles. The fraction of sp³-hybridized carbons (Fsp3) is 0.222. The fourth-order valence-electron chi connectivity index (χ4n) is 0.818. The molecule has 0 aliphatic rings. The van der Waals surface area contributed by atoms with E-state index in [0.29, 0.717) is 10.2 Å². The second-order valence-electron chi connectivity index (χ2n) is 2.79. The second kappa shape index (κ2) is 4.41. The minimum Gasteiger partial charge on any atom is -0.483 e. The summed E-state index contributed by atoms with van der Waals surface area (Å²) >= 11 is 3.03. The zero-order valence-corrected chi connectivity index (χ0v) is 9.14. The van der Waals surface area contributed by atoms with Gasteiger partial charge in [0.2, 0.25) is 0 Å². The summed E-state index contributed by atoms with van der Waals surface area (Å²) in [4.78, 5) is 0. The van der Waals surface area contributed by atoms with Crippen molar-refractivity contribution in [3.8, 4) is 5.75 Å². The number of hydrogen-bond acceptors (Lipinski definition) is 2. The van der Waals surface area contributed by atoms with Crippen LogP contribution in [-0.4, -0.2) is 11.9 Å². The average molecular weight is 261 g/mol. The van der Waals surface area contributed by atoms with Crippen LogP contribution < -0.4 is 10.5 Å². The van der Waals surface area contributed by atoms with Crippen LogP contribution in [0.3, 0.4) is 0 Å². The maximum atomic E-state index is 13.0. The van der Waals surface area contributed by atoms with Gasteiger partial charge in [0, 0.05) is 6.07 Å². The third kappa shape index (κ3) is 2.70. The summed E-state index contributed by atoms with van der Waals surface area (Å²) in [6, 6.07) is 4.38. The Balaban J connectivity index is 2.78. The number of amidine groups is 1. The lowest BCUT2D eigenvalue weighted by Crippen LogP contribution is -2.30. The van der Waals surface area contributed by atoms with Gasteiger partial charge in [0.25, 0.3) is 0 Å². The monoisotopic (exact) mass is 260 g/mol. The molecule has 0 amide bonds. The number of benzene rings is 1. The number of ether oxygens (including phenoxy) is 1. The summed E-state index contributed by atoms with van der Waals surface area (Å²) in [5, 5.41) is 7.10. The molecule has 1 atom stereocenters. The van der Waals surface area contributed by atoms with E-state index in [9.17, 15) is 4.39 Å². The van der Waals surface area contributed by atoms with E-state index >= 15 is 0 Å². The molecule has 0 saturated carbocycles. The summed E-state index contributed by atoms with van der Waals surface area (Å²) in [5.74, 6) is -0.139. The largest absolute Gasteiger partial charge is 0.483 e. The quantitative estimate of drug-likeness (QED) is 0.647. The van der Waals surface area contributed by atoms with Gasteiger partial charge in [0.15, 0.2) is 6.10 Å².